The predicted octanol–water partition coefficient (Wildman–Crippen LogP) is 2.73. The predicted molar refractivity (Wildman–Crippen MR) is 84.3 cm³/mol. The van der Waals surface area contributed by atoms with Gasteiger partial charge in [0.05, 0.1) is 12.2 Å². The van der Waals surface area contributed by atoms with Crippen LogP contribution < -0.4 is 9.47 Å². The Morgan fingerprint density at radius 2 is 1.87 bits per heavy atom. The summed E-state index contributed by atoms with van der Waals surface area (Å²) >= 11 is 0. The maximum atomic E-state index is 11.8. The summed E-state index contributed by atoms with van der Waals surface area (Å²) in [5, 5.41) is 8.95. The van der Waals surface area contributed by atoms with Crippen LogP contribution in [0.2, 0.25) is 0 Å². The molecule has 0 fully saturated rings. The molecule has 0 aromatic heterocycles. The van der Waals surface area contributed by atoms with Crippen molar-refractivity contribution in [1.82, 2.24) is 0 Å². The van der Waals surface area contributed by atoms with E-state index in [1.807, 2.05) is 18.2 Å². The first kappa shape index (κ1) is 16.5. The van der Waals surface area contributed by atoms with Crippen molar-refractivity contribution in [3.8, 4) is 17.6 Å². The van der Waals surface area contributed by atoms with E-state index < -0.39 is 5.97 Å². The number of nitrogens with zero attached hydrogens (tertiary/aromatic N) is 1. The number of benzene rings is 2. The smallest absolute Gasteiger partial charge is 0.349 e. The maximum Gasteiger partial charge on any atom is 0.349 e. The van der Waals surface area contributed by atoms with Crippen molar-refractivity contribution in [2.45, 2.75) is 6.42 Å². The number of methoxy groups -OCH3 is 1. The Balaban J connectivity index is 1.86. The van der Waals surface area contributed by atoms with Crippen molar-refractivity contribution in [3.05, 3.63) is 59.7 Å². The molecule has 5 heteroatoms. The number of rotatable bonds is 7. The topological polar surface area (TPSA) is 68.6 Å². The number of hydrogen-bond donors (Lipinski definition) is 0. The Labute approximate surface area is 135 Å². The van der Waals surface area contributed by atoms with Gasteiger partial charge in [0.2, 0.25) is 0 Å². The van der Waals surface area contributed by atoms with E-state index in [1.165, 1.54) is 0 Å². The van der Waals surface area contributed by atoms with E-state index >= 15 is 0 Å². The number of nitriles is 1. The first-order chi connectivity index (χ1) is 11.2. The van der Waals surface area contributed by atoms with Crippen molar-refractivity contribution >= 4 is 5.97 Å². The van der Waals surface area contributed by atoms with Crippen LogP contribution in [0, 0.1) is 11.3 Å². The van der Waals surface area contributed by atoms with Crippen LogP contribution in [0.3, 0.4) is 0 Å². The van der Waals surface area contributed by atoms with Gasteiger partial charge in [-0.15, -0.1) is 0 Å². The van der Waals surface area contributed by atoms with Crippen LogP contribution >= 0.6 is 0 Å². The molecule has 0 bridgehead atoms. The van der Waals surface area contributed by atoms with E-state index in [2.05, 4.69) is 0 Å². The fourth-order valence-corrected chi connectivity index (χ4v) is 1.93. The minimum Gasteiger partial charge on any atom is -0.481 e. The number of para-hydroxylation sites is 1. The molecular weight excluding hydrogens is 294 g/mol. The fourth-order valence-electron chi connectivity index (χ4n) is 1.93. The van der Waals surface area contributed by atoms with Gasteiger partial charge in [0.25, 0.3) is 0 Å². The van der Waals surface area contributed by atoms with Crippen LogP contribution in [-0.4, -0.2) is 26.3 Å². The van der Waals surface area contributed by atoms with Gasteiger partial charge in [-0.1, -0.05) is 24.3 Å². The molecule has 0 N–H and O–H groups in total. The molecule has 2 aromatic carbocycles. The van der Waals surface area contributed by atoms with Crippen LogP contribution in [0.15, 0.2) is 48.5 Å². The van der Waals surface area contributed by atoms with Crippen molar-refractivity contribution in [1.29, 1.82) is 5.26 Å². The lowest BCUT2D eigenvalue weighted by Crippen LogP contribution is -2.18. The molecule has 2 aromatic rings. The van der Waals surface area contributed by atoms with Gasteiger partial charge in [-0.2, -0.15) is 5.26 Å². The summed E-state index contributed by atoms with van der Waals surface area (Å²) < 4.78 is 15.5. The quantitative estimate of drug-likeness (QED) is 0.581. The summed E-state index contributed by atoms with van der Waals surface area (Å²) in [6.07, 6.45) is 0.804. The minimum absolute atomic E-state index is 0.260. The molecule has 118 valence electrons. The third-order valence-corrected chi connectivity index (χ3v) is 3.10. The molecule has 2 rings (SSSR count). The van der Waals surface area contributed by atoms with Gasteiger partial charge in [-0.25, -0.2) is 4.79 Å². The molecule has 0 aliphatic carbocycles. The molecule has 0 heterocycles. The van der Waals surface area contributed by atoms with Gasteiger partial charge in [-0.05, 0) is 36.2 Å². The molecule has 0 unspecified atom stereocenters. The van der Waals surface area contributed by atoms with E-state index in [1.54, 1.807) is 43.5 Å². The lowest BCUT2D eigenvalue weighted by Gasteiger charge is -2.08. The summed E-state index contributed by atoms with van der Waals surface area (Å²) in [6, 6.07) is 16.0. The van der Waals surface area contributed by atoms with E-state index in [0.29, 0.717) is 23.7 Å². The zero-order chi connectivity index (χ0) is 16.5. The molecule has 0 spiro atoms. The highest BCUT2D eigenvalue weighted by Crippen LogP contribution is 2.17. The summed E-state index contributed by atoms with van der Waals surface area (Å²) in [6.45, 7) is 0.384. The van der Waals surface area contributed by atoms with Crippen LogP contribution in [0.1, 0.15) is 11.1 Å². The number of hydrogen-bond acceptors (Lipinski definition) is 5. The van der Waals surface area contributed by atoms with E-state index in [-0.39, 0.29) is 6.61 Å². The third-order valence-electron chi connectivity index (χ3n) is 3.10. The molecule has 0 radical (unpaired) electrons. The molecule has 0 atom stereocenters. The van der Waals surface area contributed by atoms with E-state index in [0.717, 1.165) is 12.0 Å². The van der Waals surface area contributed by atoms with Gasteiger partial charge in [0.1, 0.15) is 17.6 Å². The Morgan fingerprint density at radius 3 is 2.57 bits per heavy atom. The van der Waals surface area contributed by atoms with Gasteiger partial charge in [0, 0.05) is 7.11 Å². The summed E-state index contributed by atoms with van der Waals surface area (Å²) in [4.78, 5) is 11.8. The number of ether oxygens (including phenoxy) is 3. The van der Waals surface area contributed by atoms with Gasteiger partial charge in [0.15, 0.2) is 6.61 Å². The lowest BCUT2D eigenvalue weighted by molar-refractivity contribution is -0.136. The highest BCUT2D eigenvalue weighted by atomic mass is 16.6. The SMILES string of the molecule is COCCc1ccc(OC(=O)COc2ccccc2C#N)cc1. The highest BCUT2D eigenvalue weighted by molar-refractivity contribution is 5.74. The Bertz CT molecular complexity index is 689. The normalized spacial score (nSPS) is 9.91. The van der Waals surface area contributed by atoms with Crippen molar-refractivity contribution in [2.24, 2.45) is 0 Å². The molecule has 0 aliphatic rings. The lowest BCUT2D eigenvalue weighted by atomic mass is 10.1. The van der Waals surface area contributed by atoms with Crippen LogP contribution in [0.5, 0.6) is 11.5 Å². The van der Waals surface area contributed by atoms with E-state index in [9.17, 15) is 4.79 Å². The van der Waals surface area contributed by atoms with Crippen LogP contribution in [-0.2, 0) is 16.0 Å². The first-order valence-electron chi connectivity index (χ1n) is 7.13. The average Bonchev–Trinajstić information content (AvgIpc) is 2.59. The minimum atomic E-state index is -0.526. The second-order valence-electron chi connectivity index (χ2n) is 4.76. The standard InChI is InChI=1S/C18H17NO4/c1-21-11-10-14-6-8-16(9-7-14)23-18(20)13-22-17-5-3-2-4-15(17)12-19/h2-9H,10-11,13H2,1H3. The monoisotopic (exact) mass is 311 g/mol. The second-order valence-corrected chi connectivity index (χ2v) is 4.76. The van der Waals surface area contributed by atoms with Gasteiger partial charge < -0.3 is 14.2 Å². The highest BCUT2D eigenvalue weighted by Gasteiger charge is 2.08. The molecule has 23 heavy (non-hydrogen) atoms. The second kappa shape index (κ2) is 8.57. The van der Waals surface area contributed by atoms with Crippen LogP contribution in [0.25, 0.3) is 0 Å². The average molecular weight is 311 g/mol. The van der Waals surface area contributed by atoms with E-state index in [4.69, 9.17) is 19.5 Å². The largest absolute Gasteiger partial charge is 0.481 e. The molecular formula is C18H17NO4. The van der Waals surface area contributed by atoms with Crippen LogP contribution in [0.4, 0.5) is 0 Å². The number of esters is 1. The Hall–Kier alpha value is -2.84. The first-order valence-corrected chi connectivity index (χ1v) is 7.13. The summed E-state index contributed by atoms with van der Waals surface area (Å²) in [5.74, 6) is 0.289. The number of carbonyl (C=O) groups is 1. The fraction of sp³-hybridized carbons (Fsp3) is 0.222. The zero-order valence-electron chi connectivity index (χ0n) is 12.8. The molecule has 0 saturated carbocycles. The molecule has 0 amide bonds. The van der Waals surface area contributed by atoms with Crippen molar-refractivity contribution < 1.29 is 19.0 Å². The Morgan fingerprint density at radius 1 is 1.13 bits per heavy atom. The molecule has 0 aliphatic heterocycles. The Kier molecular flexibility index (Phi) is 6.16. The summed E-state index contributed by atoms with van der Waals surface area (Å²) in [5.41, 5.74) is 1.48. The third kappa shape index (κ3) is 5.13. The van der Waals surface area contributed by atoms with Crippen molar-refractivity contribution in [2.75, 3.05) is 20.3 Å². The number of carbonyl (C=O) groups excluding carboxylic acids is 1. The summed E-state index contributed by atoms with van der Waals surface area (Å²) in [7, 11) is 1.65. The van der Waals surface area contributed by atoms with Crippen molar-refractivity contribution in [3.63, 3.8) is 0 Å². The van der Waals surface area contributed by atoms with Gasteiger partial charge in [-0.3, -0.25) is 0 Å². The van der Waals surface area contributed by atoms with Gasteiger partial charge >= 0.3 is 5.97 Å². The molecule has 5 nitrogen and oxygen atoms in total. The maximum absolute atomic E-state index is 11.8. The zero-order valence-corrected chi connectivity index (χ0v) is 12.8. The molecule has 0 saturated heterocycles.